The number of nitrogens with zero attached hydrogens (tertiary/aromatic N) is 1. The summed E-state index contributed by atoms with van der Waals surface area (Å²) in [6.07, 6.45) is 0.734. The number of nitriles is 1. The molecule has 0 radical (unpaired) electrons. The van der Waals surface area contributed by atoms with Crippen molar-refractivity contribution in [2.75, 3.05) is 11.1 Å². The first kappa shape index (κ1) is 14.5. The van der Waals surface area contributed by atoms with E-state index in [4.69, 9.17) is 11.0 Å². The molecule has 0 bridgehead atoms. The van der Waals surface area contributed by atoms with E-state index in [9.17, 15) is 9.18 Å². The van der Waals surface area contributed by atoms with Gasteiger partial charge in [-0.25, -0.2) is 4.39 Å². The summed E-state index contributed by atoms with van der Waals surface area (Å²) in [5.41, 5.74) is 7.75. The topological polar surface area (TPSA) is 78.9 Å². The zero-order valence-corrected chi connectivity index (χ0v) is 11.3. The summed E-state index contributed by atoms with van der Waals surface area (Å²) in [5, 5.41) is 11.5. The Labute approximate surface area is 122 Å². The van der Waals surface area contributed by atoms with E-state index < -0.39 is 5.82 Å². The van der Waals surface area contributed by atoms with Crippen LogP contribution >= 0.6 is 0 Å². The maximum Gasteiger partial charge on any atom is 0.224 e. The Morgan fingerprint density at radius 2 is 2.05 bits per heavy atom. The number of amides is 1. The molecule has 1 amide bonds. The second-order valence-electron chi connectivity index (χ2n) is 4.55. The minimum atomic E-state index is -0.512. The minimum absolute atomic E-state index is 0.0996. The molecule has 0 saturated carbocycles. The zero-order valence-electron chi connectivity index (χ0n) is 11.3. The van der Waals surface area contributed by atoms with Crippen molar-refractivity contribution >= 4 is 17.3 Å². The maximum absolute atomic E-state index is 13.0. The normalized spacial score (nSPS) is 9.90. The molecular formula is C16H14FN3O. The molecule has 0 saturated heterocycles. The minimum Gasteiger partial charge on any atom is -0.399 e. The monoisotopic (exact) mass is 283 g/mol. The fraction of sp³-hybridized carbons (Fsp3) is 0.125. The van der Waals surface area contributed by atoms with Crippen LogP contribution in [0, 0.1) is 17.1 Å². The lowest BCUT2D eigenvalue weighted by Crippen LogP contribution is -2.13. The first-order chi connectivity index (χ1) is 10.1. The van der Waals surface area contributed by atoms with Crippen molar-refractivity contribution in [1.29, 1.82) is 5.26 Å². The number of hydrogen-bond donors (Lipinski definition) is 2. The molecule has 3 N–H and O–H groups in total. The molecule has 4 nitrogen and oxygen atoms in total. The smallest absolute Gasteiger partial charge is 0.224 e. The van der Waals surface area contributed by atoms with Gasteiger partial charge < -0.3 is 11.1 Å². The molecule has 0 aliphatic rings. The van der Waals surface area contributed by atoms with E-state index in [1.807, 2.05) is 24.3 Å². The molecule has 0 spiro atoms. The van der Waals surface area contributed by atoms with Crippen LogP contribution in [0.25, 0.3) is 0 Å². The molecule has 2 aromatic carbocycles. The van der Waals surface area contributed by atoms with E-state index >= 15 is 0 Å². The number of halogens is 1. The molecule has 0 fully saturated rings. The quantitative estimate of drug-likeness (QED) is 0.847. The molecule has 5 heteroatoms. The molecule has 2 aromatic rings. The summed E-state index contributed by atoms with van der Waals surface area (Å²) >= 11 is 0. The van der Waals surface area contributed by atoms with Crippen molar-refractivity contribution in [3.8, 4) is 6.07 Å². The molecule has 21 heavy (non-hydrogen) atoms. The van der Waals surface area contributed by atoms with E-state index in [2.05, 4.69) is 5.32 Å². The second kappa shape index (κ2) is 6.53. The number of nitrogens with one attached hydrogen (secondary N) is 1. The fourth-order valence-electron chi connectivity index (χ4n) is 1.94. The lowest BCUT2D eigenvalue weighted by atomic mass is 10.1. The number of rotatable bonds is 4. The number of hydrogen-bond acceptors (Lipinski definition) is 3. The molecule has 106 valence electrons. The largest absolute Gasteiger partial charge is 0.399 e. The molecule has 0 aliphatic carbocycles. The average molecular weight is 283 g/mol. The van der Waals surface area contributed by atoms with Crippen LogP contribution in [0.15, 0.2) is 42.5 Å². The lowest BCUT2D eigenvalue weighted by molar-refractivity contribution is -0.116. The van der Waals surface area contributed by atoms with Crippen LogP contribution in [-0.4, -0.2) is 5.91 Å². The highest BCUT2D eigenvalue weighted by Crippen LogP contribution is 2.17. The summed E-state index contributed by atoms with van der Waals surface area (Å²) in [6, 6.07) is 12.8. The van der Waals surface area contributed by atoms with Gasteiger partial charge in [-0.15, -0.1) is 0 Å². The third-order valence-corrected chi connectivity index (χ3v) is 3.05. The number of anilines is 2. The van der Waals surface area contributed by atoms with Crippen LogP contribution in [0.4, 0.5) is 15.8 Å². The van der Waals surface area contributed by atoms with E-state index in [-0.39, 0.29) is 17.9 Å². The highest BCUT2D eigenvalue weighted by molar-refractivity contribution is 5.92. The number of aryl methyl sites for hydroxylation is 1. The van der Waals surface area contributed by atoms with Crippen molar-refractivity contribution in [3.05, 3.63) is 59.4 Å². The maximum atomic E-state index is 13.0. The van der Waals surface area contributed by atoms with Crippen molar-refractivity contribution in [1.82, 2.24) is 0 Å². The number of carbonyl (C=O) groups is 1. The van der Waals surface area contributed by atoms with Gasteiger partial charge in [-0.2, -0.15) is 5.26 Å². The van der Waals surface area contributed by atoms with E-state index in [1.165, 1.54) is 12.1 Å². The Bertz CT molecular complexity index is 707. The number of para-hydroxylation sites is 1. The average Bonchev–Trinajstić information content (AvgIpc) is 2.48. The molecule has 2 rings (SSSR count). The van der Waals surface area contributed by atoms with Crippen molar-refractivity contribution < 1.29 is 9.18 Å². The van der Waals surface area contributed by atoms with Crippen molar-refractivity contribution in [3.63, 3.8) is 0 Å². The Kier molecular flexibility index (Phi) is 4.52. The number of nitrogens with two attached hydrogens (primary N) is 1. The van der Waals surface area contributed by atoms with Gasteiger partial charge in [0.2, 0.25) is 5.91 Å². The predicted octanol–water partition coefficient (Wildman–Crippen LogP) is 2.85. The highest BCUT2D eigenvalue weighted by atomic mass is 19.1. The third kappa shape index (κ3) is 3.80. The lowest BCUT2D eigenvalue weighted by Gasteiger charge is -2.08. The van der Waals surface area contributed by atoms with Crippen LogP contribution in [0.5, 0.6) is 0 Å². The SMILES string of the molecule is N#Cc1cc(F)ccc1NC(=O)CCc1ccccc1N. The second-order valence-corrected chi connectivity index (χ2v) is 4.55. The van der Waals surface area contributed by atoms with Gasteiger partial charge in [0.15, 0.2) is 0 Å². The number of carbonyl (C=O) groups excluding carboxylic acids is 1. The first-order valence-electron chi connectivity index (χ1n) is 6.43. The Hall–Kier alpha value is -2.87. The van der Waals surface area contributed by atoms with Gasteiger partial charge >= 0.3 is 0 Å². The van der Waals surface area contributed by atoms with Crippen molar-refractivity contribution in [2.24, 2.45) is 0 Å². The van der Waals surface area contributed by atoms with Gasteiger partial charge in [0.05, 0.1) is 11.3 Å². The summed E-state index contributed by atoms with van der Waals surface area (Å²) in [4.78, 5) is 11.9. The van der Waals surface area contributed by atoms with Gasteiger partial charge in [0.1, 0.15) is 11.9 Å². The van der Waals surface area contributed by atoms with Gasteiger partial charge in [0, 0.05) is 12.1 Å². The highest BCUT2D eigenvalue weighted by Gasteiger charge is 2.09. The standard InChI is InChI=1S/C16H14FN3O/c17-13-6-7-15(12(9-13)10-18)20-16(21)8-5-11-3-1-2-4-14(11)19/h1-4,6-7,9H,5,8,19H2,(H,20,21). The molecule has 0 unspecified atom stereocenters. The third-order valence-electron chi connectivity index (χ3n) is 3.05. The summed E-state index contributed by atoms with van der Waals surface area (Å²) in [6.45, 7) is 0. The van der Waals surface area contributed by atoms with Crippen LogP contribution in [0.2, 0.25) is 0 Å². The summed E-state index contributed by atoms with van der Waals surface area (Å²) < 4.78 is 13.0. The van der Waals surface area contributed by atoms with Crippen LogP contribution in [0.1, 0.15) is 17.5 Å². The molecule has 0 aromatic heterocycles. The summed E-state index contributed by atoms with van der Waals surface area (Å²) in [5.74, 6) is -0.761. The predicted molar refractivity (Wildman–Crippen MR) is 78.9 cm³/mol. The van der Waals surface area contributed by atoms with Crippen molar-refractivity contribution in [2.45, 2.75) is 12.8 Å². The van der Waals surface area contributed by atoms with E-state index in [0.29, 0.717) is 17.8 Å². The van der Waals surface area contributed by atoms with E-state index in [0.717, 1.165) is 11.6 Å². The zero-order chi connectivity index (χ0) is 15.2. The first-order valence-corrected chi connectivity index (χ1v) is 6.43. The van der Waals surface area contributed by atoms with Crippen LogP contribution in [-0.2, 0) is 11.2 Å². The van der Waals surface area contributed by atoms with Gasteiger partial charge in [-0.1, -0.05) is 18.2 Å². The molecule has 0 heterocycles. The van der Waals surface area contributed by atoms with E-state index in [1.54, 1.807) is 6.07 Å². The Balaban J connectivity index is 2.00. The molecule has 0 aliphatic heterocycles. The van der Waals surface area contributed by atoms with Gasteiger partial charge in [-0.3, -0.25) is 4.79 Å². The fourth-order valence-corrected chi connectivity index (χ4v) is 1.94. The molecule has 0 atom stereocenters. The van der Waals surface area contributed by atoms with Gasteiger partial charge in [-0.05, 0) is 36.2 Å². The molecular weight excluding hydrogens is 269 g/mol. The van der Waals surface area contributed by atoms with Crippen LogP contribution in [0.3, 0.4) is 0 Å². The number of benzene rings is 2. The van der Waals surface area contributed by atoms with Crippen LogP contribution < -0.4 is 11.1 Å². The Morgan fingerprint density at radius 3 is 2.76 bits per heavy atom. The summed E-state index contributed by atoms with van der Waals surface area (Å²) in [7, 11) is 0. The Morgan fingerprint density at radius 1 is 1.29 bits per heavy atom. The van der Waals surface area contributed by atoms with Gasteiger partial charge in [0.25, 0.3) is 0 Å². The number of nitrogen functional groups attached to an aromatic ring is 1.